The third kappa shape index (κ3) is 3.88. The van der Waals surface area contributed by atoms with Crippen molar-refractivity contribution in [2.45, 2.75) is 0 Å². The standard InChI is InChI=1S/C16H12F2N2O/c17-13-5-1-3-12(10-13)16(21)20-15-7-6-14(18)9-11(15)4-2-8-19/h1,3,5-7,9-10H,8,19H2,(H,20,21). The Morgan fingerprint density at radius 1 is 1.14 bits per heavy atom. The molecule has 0 radical (unpaired) electrons. The largest absolute Gasteiger partial charge is 0.321 e. The van der Waals surface area contributed by atoms with Crippen LogP contribution < -0.4 is 11.1 Å². The molecule has 3 nitrogen and oxygen atoms in total. The molecule has 106 valence electrons. The van der Waals surface area contributed by atoms with Gasteiger partial charge < -0.3 is 11.1 Å². The summed E-state index contributed by atoms with van der Waals surface area (Å²) in [7, 11) is 0. The average molecular weight is 286 g/mol. The molecule has 0 aromatic heterocycles. The van der Waals surface area contributed by atoms with Crippen LogP contribution in [-0.4, -0.2) is 12.5 Å². The fourth-order valence-electron chi connectivity index (χ4n) is 1.70. The number of hydrogen-bond donors (Lipinski definition) is 2. The second kappa shape index (κ2) is 6.64. The first-order valence-electron chi connectivity index (χ1n) is 6.15. The van der Waals surface area contributed by atoms with Gasteiger partial charge in [0.15, 0.2) is 0 Å². The molecule has 0 aliphatic carbocycles. The van der Waals surface area contributed by atoms with E-state index in [4.69, 9.17) is 5.73 Å². The number of nitrogens with two attached hydrogens (primary N) is 1. The monoisotopic (exact) mass is 286 g/mol. The van der Waals surface area contributed by atoms with Crippen LogP contribution in [0, 0.1) is 23.5 Å². The number of benzene rings is 2. The maximum absolute atomic E-state index is 13.2. The fourth-order valence-corrected chi connectivity index (χ4v) is 1.70. The molecule has 0 aliphatic heterocycles. The zero-order chi connectivity index (χ0) is 15.2. The summed E-state index contributed by atoms with van der Waals surface area (Å²) < 4.78 is 26.3. The van der Waals surface area contributed by atoms with Crippen molar-refractivity contribution >= 4 is 11.6 Å². The Labute approximate surface area is 120 Å². The van der Waals surface area contributed by atoms with Crippen LogP contribution in [0.5, 0.6) is 0 Å². The number of carbonyl (C=O) groups excluding carboxylic acids is 1. The van der Waals surface area contributed by atoms with Gasteiger partial charge in [-0.25, -0.2) is 8.78 Å². The minimum absolute atomic E-state index is 0.119. The van der Waals surface area contributed by atoms with Crippen molar-refractivity contribution in [2.75, 3.05) is 11.9 Å². The summed E-state index contributed by atoms with van der Waals surface area (Å²) in [5.74, 6) is 3.79. The van der Waals surface area contributed by atoms with Crippen LogP contribution in [0.2, 0.25) is 0 Å². The molecule has 5 heteroatoms. The first kappa shape index (κ1) is 14.7. The lowest BCUT2D eigenvalue weighted by Gasteiger charge is -2.08. The summed E-state index contributed by atoms with van der Waals surface area (Å²) in [6.45, 7) is 0.119. The van der Waals surface area contributed by atoms with Crippen LogP contribution in [0.25, 0.3) is 0 Å². The smallest absolute Gasteiger partial charge is 0.255 e. The molecule has 2 aromatic rings. The topological polar surface area (TPSA) is 55.1 Å². The fraction of sp³-hybridized carbons (Fsp3) is 0.0625. The van der Waals surface area contributed by atoms with Gasteiger partial charge in [0.2, 0.25) is 0 Å². The van der Waals surface area contributed by atoms with E-state index in [1.54, 1.807) is 0 Å². The van der Waals surface area contributed by atoms with Gasteiger partial charge in [-0.3, -0.25) is 4.79 Å². The highest BCUT2D eigenvalue weighted by Gasteiger charge is 2.09. The van der Waals surface area contributed by atoms with E-state index >= 15 is 0 Å². The van der Waals surface area contributed by atoms with Crippen molar-refractivity contribution in [3.8, 4) is 11.8 Å². The van der Waals surface area contributed by atoms with Gasteiger partial charge in [0.25, 0.3) is 5.91 Å². The van der Waals surface area contributed by atoms with Gasteiger partial charge in [-0.15, -0.1) is 0 Å². The predicted octanol–water partition coefficient (Wildman–Crippen LogP) is 2.53. The van der Waals surface area contributed by atoms with Crippen molar-refractivity contribution in [2.24, 2.45) is 5.73 Å². The molecular weight excluding hydrogens is 274 g/mol. The van der Waals surface area contributed by atoms with Crippen molar-refractivity contribution in [1.29, 1.82) is 0 Å². The summed E-state index contributed by atoms with van der Waals surface area (Å²) in [6.07, 6.45) is 0. The van der Waals surface area contributed by atoms with Crippen LogP contribution in [0.15, 0.2) is 42.5 Å². The summed E-state index contributed by atoms with van der Waals surface area (Å²) in [5.41, 5.74) is 6.09. The predicted molar refractivity (Wildman–Crippen MR) is 76.7 cm³/mol. The molecule has 2 aromatic carbocycles. The molecule has 0 fully saturated rings. The minimum Gasteiger partial charge on any atom is -0.321 e. The number of nitrogens with one attached hydrogen (secondary N) is 1. The SMILES string of the molecule is NCC#Cc1cc(F)ccc1NC(=O)c1cccc(F)c1. The highest BCUT2D eigenvalue weighted by molar-refractivity contribution is 6.04. The highest BCUT2D eigenvalue weighted by Crippen LogP contribution is 2.17. The molecule has 1 amide bonds. The van der Waals surface area contributed by atoms with Gasteiger partial charge in [0, 0.05) is 5.56 Å². The molecule has 0 saturated carbocycles. The van der Waals surface area contributed by atoms with Gasteiger partial charge in [-0.2, -0.15) is 0 Å². The van der Waals surface area contributed by atoms with Crippen LogP contribution in [0.3, 0.4) is 0 Å². The van der Waals surface area contributed by atoms with E-state index in [1.165, 1.54) is 36.4 Å². The lowest BCUT2D eigenvalue weighted by Crippen LogP contribution is -2.13. The molecule has 0 unspecified atom stereocenters. The number of halogens is 2. The normalized spacial score (nSPS) is 9.67. The van der Waals surface area contributed by atoms with Crippen molar-refractivity contribution in [3.63, 3.8) is 0 Å². The maximum Gasteiger partial charge on any atom is 0.255 e. The first-order chi connectivity index (χ1) is 10.1. The molecular formula is C16H12F2N2O. The van der Waals surface area contributed by atoms with Crippen LogP contribution in [0.1, 0.15) is 15.9 Å². The Morgan fingerprint density at radius 3 is 2.62 bits per heavy atom. The first-order valence-corrected chi connectivity index (χ1v) is 6.15. The third-order valence-electron chi connectivity index (χ3n) is 2.64. The molecule has 0 atom stereocenters. The number of hydrogen-bond acceptors (Lipinski definition) is 2. The Hall–Kier alpha value is -2.71. The zero-order valence-corrected chi connectivity index (χ0v) is 11.0. The number of rotatable bonds is 2. The molecule has 2 rings (SSSR count). The maximum atomic E-state index is 13.2. The average Bonchev–Trinajstić information content (AvgIpc) is 2.47. The van der Waals surface area contributed by atoms with E-state index in [0.717, 1.165) is 6.07 Å². The molecule has 0 heterocycles. The molecule has 0 aliphatic rings. The summed E-state index contributed by atoms with van der Waals surface area (Å²) >= 11 is 0. The number of amides is 1. The van der Waals surface area contributed by atoms with E-state index in [1.807, 2.05) is 0 Å². The van der Waals surface area contributed by atoms with Crippen molar-refractivity contribution in [1.82, 2.24) is 0 Å². The Morgan fingerprint density at radius 2 is 1.90 bits per heavy atom. The van der Waals surface area contributed by atoms with Gasteiger partial charge >= 0.3 is 0 Å². The molecule has 0 bridgehead atoms. The highest BCUT2D eigenvalue weighted by atomic mass is 19.1. The van der Waals surface area contributed by atoms with Gasteiger partial charge in [0.1, 0.15) is 11.6 Å². The van der Waals surface area contributed by atoms with Crippen LogP contribution >= 0.6 is 0 Å². The van der Waals surface area contributed by atoms with Gasteiger partial charge in [-0.1, -0.05) is 17.9 Å². The van der Waals surface area contributed by atoms with Crippen molar-refractivity contribution in [3.05, 3.63) is 65.2 Å². The lowest BCUT2D eigenvalue weighted by molar-refractivity contribution is 0.102. The second-order valence-electron chi connectivity index (χ2n) is 4.16. The lowest BCUT2D eigenvalue weighted by atomic mass is 10.1. The zero-order valence-electron chi connectivity index (χ0n) is 11.0. The number of carbonyl (C=O) groups is 1. The summed E-state index contributed by atoms with van der Waals surface area (Å²) in [4.78, 5) is 12.0. The Balaban J connectivity index is 2.29. The Bertz CT molecular complexity index is 733. The molecule has 21 heavy (non-hydrogen) atoms. The summed E-state index contributed by atoms with van der Waals surface area (Å²) in [6, 6.07) is 9.07. The van der Waals surface area contributed by atoms with Crippen molar-refractivity contribution < 1.29 is 13.6 Å². The number of anilines is 1. The minimum atomic E-state index is -0.509. The van der Waals surface area contributed by atoms with E-state index in [0.29, 0.717) is 11.3 Å². The van der Waals surface area contributed by atoms with E-state index in [9.17, 15) is 13.6 Å². The third-order valence-corrected chi connectivity index (χ3v) is 2.64. The Kier molecular flexibility index (Phi) is 4.64. The van der Waals surface area contributed by atoms with E-state index in [-0.39, 0.29) is 12.1 Å². The van der Waals surface area contributed by atoms with Gasteiger partial charge in [-0.05, 0) is 36.4 Å². The molecule has 0 spiro atoms. The summed E-state index contributed by atoms with van der Waals surface area (Å²) in [5, 5.41) is 2.57. The molecule has 0 saturated heterocycles. The quantitative estimate of drug-likeness (QED) is 0.834. The van der Waals surface area contributed by atoms with E-state index in [2.05, 4.69) is 17.2 Å². The van der Waals surface area contributed by atoms with Crippen LogP contribution in [0.4, 0.5) is 14.5 Å². The van der Waals surface area contributed by atoms with E-state index < -0.39 is 17.5 Å². The molecule has 3 N–H and O–H groups in total. The van der Waals surface area contributed by atoms with Gasteiger partial charge in [0.05, 0.1) is 17.8 Å². The van der Waals surface area contributed by atoms with Crippen LogP contribution in [-0.2, 0) is 0 Å². The second-order valence-corrected chi connectivity index (χ2v) is 4.16.